The molecule has 0 radical (unpaired) electrons. The third-order valence-electron chi connectivity index (χ3n) is 4.34. The van der Waals surface area contributed by atoms with Gasteiger partial charge in [0.15, 0.2) is 0 Å². The molecule has 1 heterocycles. The molecule has 0 unspecified atom stereocenters. The van der Waals surface area contributed by atoms with Gasteiger partial charge in [0.05, 0.1) is 12.0 Å². The van der Waals surface area contributed by atoms with Crippen LogP contribution < -0.4 is 4.72 Å². The summed E-state index contributed by atoms with van der Waals surface area (Å²) in [4.78, 5) is 13.4. The van der Waals surface area contributed by atoms with Gasteiger partial charge in [0.25, 0.3) is 10.0 Å². The normalized spacial score (nSPS) is 13.9. The van der Waals surface area contributed by atoms with Crippen molar-refractivity contribution in [2.24, 2.45) is 0 Å². The van der Waals surface area contributed by atoms with Crippen molar-refractivity contribution in [2.45, 2.75) is 24.8 Å². The van der Waals surface area contributed by atoms with E-state index in [1.54, 1.807) is 36.1 Å². The molecule has 0 atom stereocenters. The van der Waals surface area contributed by atoms with E-state index in [0.29, 0.717) is 35.8 Å². The predicted octanol–water partition coefficient (Wildman–Crippen LogP) is 3.57. The molecule has 0 aliphatic carbocycles. The van der Waals surface area contributed by atoms with Gasteiger partial charge in [0, 0.05) is 23.8 Å². The summed E-state index contributed by atoms with van der Waals surface area (Å²) < 4.78 is 32.8. The number of amides is 1. The number of benzene rings is 2. The molecule has 1 N–H and O–H groups in total. The zero-order valence-corrected chi connectivity index (χ0v) is 16.0. The number of rotatable bonds is 3. The number of sulfonamides is 1. The van der Waals surface area contributed by atoms with Gasteiger partial charge in [-0.1, -0.05) is 23.7 Å². The number of aryl methyl sites for hydroxylation is 1. The third-order valence-corrected chi connectivity index (χ3v) is 6.10. The Labute approximate surface area is 157 Å². The van der Waals surface area contributed by atoms with E-state index in [9.17, 15) is 13.2 Å². The number of nitrogens with zero attached hydrogens (tertiary/aromatic N) is 1. The van der Waals surface area contributed by atoms with E-state index in [4.69, 9.17) is 16.3 Å². The lowest BCUT2D eigenvalue weighted by Crippen LogP contribution is -2.35. The molecular formula is C18H19ClN2O4S. The maximum absolute atomic E-state index is 12.7. The second-order valence-electron chi connectivity index (χ2n) is 6.14. The van der Waals surface area contributed by atoms with Gasteiger partial charge in [-0.3, -0.25) is 4.72 Å². The molecule has 26 heavy (non-hydrogen) atoms. The van der Waals surface area contributed by atoms with Crippen LogP contribution in [0.4, 0.5) is 10.5 Å². The van der Waals surface area contributed by atoms with Crippen molar-refractivity contribution < 1.29 is 17.9 Å². The number of ether oxygens (including phenoxy) is 1. The Bertz CT molecular complexity index is 960. The summed E-state index contributed by atoms with van der Waals surface area (Å²) in [6, 6.07) is 10.1. The van der Waals surface area contributed by atoms with Crippen molar-refractivity contribution in [1.29, 1.82) is 0 Å². The average molecular weight is 395 g/mol. The molecule has 0 aromatic heterocycles. The van der Waals surface area contributed by atoms with Crippen LogP contribution in [0.5, 0.6) is 0 Å². The number of hydrogen-bond acceptors (Lipinski definition) is 4. The first-order valence-electron chi connectivity index (χ1n) is 8.04. The summed E-state index contributed by atoms with van der Waals surface area (Å²) in [6.07, 6.45) is 0.307. The van der Waals surface area contributed by atoms with Gasteiger partial charge >= 0.3 is 6.09 Å². The van der Waals surface area contributed by atoms with Gasteiger partial charge in [-0.15, -0.1) is 0 Å². The Morgan fingerprint density at radius 3 is 2.69 bits per heavy atom. The lowest BCUT2D eigenvalue weighted by atomic mass is 9.99. The van der Waals surface area contributed by atoms with Crippen LogP contribution >= 0.6 is 11.6 Å². The summed E-state index contributed by atoms with van der Waals surface area (Å²) in [5, 5.41) is 0.357. The highest BCUT2D eigenvalue weighted by Crippen LogP contribution is 2.26. The molecule has 2 aromatic carbocycles. The zero-order chi connectivity index (χ0) is 18.9. The summed E-state index contributed by atoms with van der Waals surface area (Å²) in [7, 11) is -2.42. The number of hydrogen-bond donors (Lipinski definition) is 1. The highest BCUT2D eigenvalue weighted by Gasteiger charge is 2.23. The van der Waals surface area contributed by atoms with Crippen molar-refractivity contribution in [3.63, 3.8) is 0 Å². The average Bonchev–Trinajstić information content (AvgIpc) is 2.62. The van der Waals surface area contributed by atoms with Crippen molar-refractivity contribution in [3.05, 3.63) is 58.1 Å². The minimum Gasteiger partial charge on any atom is -0.453 e. The number of carbonyl (C=O) groups is 1. The fraction of sp³-hybridized carbons (Fsp3) is 0.278. The predicted molar refractivity (Wildman–Crippen MR) is 100.0 cm³/mol. The van der Waals surface area contributed by atoms with Crippen LogP contribution in [0.15, 0.2) is 41.3 Å². The van der Waals surface area contributed by atoms with E-state index in [2.05, 4.69) is 4.72 Å². The van der Waals surface area contributed by atoms with Crippen molar-refractivity contribution in [2.75, 3.05) is 18.4 Å². The molecular weight excluding hydrogens is 376 g/mol. The molecule has 8 heteroatoms. The lowest BCUT2D eigenvalue weighted by molar-refractivity contribution is 0.118. The Morgan fingerprint density at radius 2 is 1.96 bits per heavy atom. The molecule has 138 valence electrons. The van der Waals surface area contributed by atoms with Crippen LogP contribution in [0.25, 0.3) is 0 Å². The maximum Gasteiger partial charge on any atom is 0.409 e. The summed E-state index contributed by atoms with van der Waals surface area (Å²) in [6.45, 7) is 2.67. The van der Waals surface area contributed by atoms with Crippen LogP contribution in [0, 0.1) is 6.92 Å². The second-order valence-corrected chi connectivity index (χ2v) is 8.23. The monoisotopic (exact) mass is 394 g/mol. The number of carbonyl (C=O) groups excluding carboxylic acids is 1. The molecule has 1 amide bonds. The van der Waals surface area contributed by atoms with Crippen LogP contribution in [-0.2, 0) is 27.7 Å². The molecule has 0 spiro atoms. The number of anilines is 1. The van der Waals surface area contributed by atoms with E-state index < -0.39 is 16.1 Å². The fourth-order valence-electron chi connectivity index (χ4n) is 2.98. The fourth-order valence-corrected chi connectivity index (χ4v) is 4.54. The Kier molecular flexibility index (Phi) is 5.11. The molecule has 0 saturated carbocycles. The number of methoxy groups -OCH3 is 1. The molecule has 6 nitrogen and oxygen atoms in total. The van der Waals surface area contributed by atoms with Gasteiger partial charge in [0.2, 0.25) is 0 Å². The minimum atomic E-state index is -3.77. The van der Waals surface area contributed by atoms with Gasteiger partial charge in [-0.2, -0.15) is 0 Å². The molecule has 1 aliphatic rings. The molecule has 0 saturated heterocycles. The summed E-state index contributed by atoms with van der Waals surface area (Å²) in [5.74, 6) is 0. The van der Waals surface area contributed by atoms with E-state index in [1.807, 2.05) is 6.07 Å². The largest absolute Gasteiger partial charge is 0.453 e. The molecule has 2 aromatic rings. The third kappa shape index (κ3) is 3.78. The molecule has 0 bridgehead atoms. The van der Waals surface area contributed by atoms with Crippen molar-refractivity contribution in [1.82, 2.24) is 4.90 Å². The van der Waals surface area contributed by atoms with E-state index in [0.717, 1.165) is 11.1 Å². The van der Waals surface area contributed by atoms with Crippen LogP contribution in [0.3, 0.4) is 0 Å². The SMILES string of the molecule is COC(=O)N1CCc2ccc(NS(=O)(=O)c3cc(Cl)ccc3C)cc2C1. The van der Waals surface area contributed by atoms with Crippen molar-refractivity contribution >= 4 is 33.4 Å². The summed E-state index contributed by atoms with van der Waals surface area (Å²) in [5.41, 5.74) is 3.03. The van der Waals surface area contributed by atoms with Crippen LogP contribution in [0.1, 0.15) is 16.7 Å². The first-order chi connectivity index (χ1) is 12.3. The van der Waals surface area contributed by atoms with Gasteiger partial charge < -0.3 is 9.64 Å². The van der Waals surface area contributed by atoms with Crippen molar-refractivity contribution in [3.8, 4) is 0 Å². The number of nitrogens with one attached hydrogen (secondary N) is 1. The topological polar surface area (TPSA) is 75.7 Å². The minimum absolute atomic E-state index is 0.138. The van der Waals surface area contributed by atoms with Gasteiger partial charge in [-0.05, 0) is 54.3 Å². The second kappa shape index (κ2) is 7.17. The lowest BCUT2D eigenvalue weighted by Gasteiger charge is -2.28. The van der Waals surface area contributed by atoms with Gasteiger partial charge in [-0.25, -0.2) is 13.2 Å². The van der Waals surface area contributed by atoms with Gasteiger partial charge in [0.1, 0.15) is 0 Å². The Balaban J connectivity index is 1.87. The smallest absolute Gasteiger partial charge is 0.409 e. The Morgan fingerprint density at radius 1 is 1.19 bits per heavy atom. The first kappa shape index (κ1) is 18.5. The van der Waals surface area contributed by atoms with E-state index in [1.165, 1.54) is 13.2 Å². The van der Waals surface area contributed by atoms with E-state index in [-0.39, 0.29) is 4.90 Å². The zero-order valence-electron chi connectivity index (χ0n) is 14.5. The molecule has 1 aliphatic heterocycles. The highest BCUT2D eigenvalue weighted by atomic mass is 35.5. The number of halogens is 1. The standard InChI is InChI=1S/C18H19ClN2O4S/c1-12-3-5-15(19)10-17(12)26(23,24)20-16-6-4-13-7-8-21(18(22)25-2)11-14(13)9-16/h3-6,9-10,20H,7-8,11H2,1-2H3. The number of fused-ring (bicyclic) bond motifs is 1. The molecule has 0 fully saturated rings. The summed E-state index contributed by atoms with van der Waals surface area (Å²) >= 11 is 5.94. The van der Waals surface area contributed by atoms with Crippen LogP contribution in [0.2, 0.25) is 5.02 Å². The maximum atomic E-state index is 12.7. The quantitative estimate of drug-likeness (QED) is 0.863. The molecule has 3 rings (SSSR count). The first-order valence-corrected chi connectivity index (χ1v) is 9.90. The van der Waals surface area contributed by atoms with Crippen LogP contribution in [-0.4, -0.2) is 33.1 Å². The van der Waals surface area contributed by atoms with E-state index >= 15 is 0 Å². The Hall–Kier alpha value is -2.25. The highest BCUT2D eigenvalue weighted by molar-refractivity contribution is 7.92.